The molecule has 0 saturated carbocycles. The normalized spacial score (nSPS) is 11.6. The number of anilines is 1. The van der Waals surface area contributed by atoms with Crippen molar-refractivity contribution in [1.82, 2.24) is 4.31 Å². The molecule has 0 saturated heterocycles. The molecule has 6 nitrogen and oxygen atoms in total. The van der Waals surface area contributed by atoms with E-state index in [9.17, 15) is 12.8 Å². The van der Waals surface area contributed by atoms with Crippen LogP contribution >= 0.6 is 11.6 Å². The molecule has 0 spiro atoms. The van der Waals surface area contributed by atoms with Gasteiger partial charge < -0.3 is 10.5 Å². The van der Waals surface area contributed by atoms with Gasteiger partial charge in [-0.25, -0.2) is 12.8 Å². The third kappa shape index (κ3) is 4.28. The molecule has 0 atom stereocenters. The number of nitrogens with two attached hydrogens (primary N) is 1. The molecule has 1 aromatic rings. The summed E-state index contributed by atoms with van der Waals surface area (Å²) in [6, 6.07) is 3.97. The number of methoxy groups -OCH3 is 1. The van der Waals surface area contributed by atoms with E-state index in [0.29, 0.717) is 0 Å². The first kappa shape index (κ1) is 17.7. The predicted octanol–water partition coefficient (Wildman–Crippen LogP) is 1.61. The van der Waals surface area contributed by atoms with Gasteiger partial charge in [0.1, 0.15) is 4.90 Å². The van der Waals surface area contributed by atoms with Crippen molar-refractivity contribution in [3.63, 3.8) is 0 Å². The summed E-state index contributed by atoms with van der Waals surface area (Å²) < 4.78 is 44.7. The van der Waals surface area contributed by atoms with Gasteiger partial charge in [0.05, 0.1) is 18.4 Å². The van der Waals surface area contributed by atoms with Gasteiger partial charge in [-0.05, 0) is 12.1 Å². The highest BCUT2D eigenvalue weighted by Gasteiger charge is 2.28. The summed E-state index contributed by atoms with van der Waals surface area (Å²) in [5, 5.41) is 8.62. The van der Waals surface area contributed by atoms with E-state index in [1.807, 2.05) is 6.07 Å². The molecule has 1 aromatic carbocycles. The number of hydrogen-bond donors (Lipinski definition) is 1. The maximum atomic E-state index is 14.0. The molecule has 0 radical (unpaired) electrons. The van der Waals surface area contributed by atoms with Gasteiger partial charge in [-0.15, -0.1) is 0 Å². The number of sulfonamides is 1. The number of nitrogens with zero attached hydrogens (tertiary/aromatic N) is 2. The maximum Gasteiger partial charge on any atom is 0.246 e. The van der Waals surface area contributed by atoms with Crippen LogP contribution in [0, 0.1) is 17.1 Å². The highest BCUT2D eigenvalue weighted by Crippen LogP contribution is 2.27. The van der Waals surface area contributed by atoms with Crippen molar-refractivity contribution in [2.45, 2.75) is 11.3 Å². The molecule has 0 bridgehead atoms. The number of rotatable bonds is 7. The molecule has 0 aliphatic rings. The summed E-state index contributed by atoms with van der Waals surface area (Å²) in [4.78, 5) is -0.610. The van der Waals surface area contributed by atoms with Crippen LogP contribution in [0.2, 0.25) is 5.02 Å². The minimum atomic E-state index is -4.16. The standard InChI is InChI=1S/C12H15ClFN3O3S/c1-20-6-5-17(4-2-3-15)21(18,19)11-8-9(13)7-10(16)12(11)14/h7-8H,2,4-6,16H2,1H3. The van der Waals surface area contributed by atoms with E-state index in [1.54, 1.807) is 0 Å². The zero-order valence-electron chi connectivity index (χ0n) is 11.3. The van der Waals surface area contributed by atoms with Crippen LogP contribution in [-0.2, 0) is 14.8 Å². The van der Waals surface area contributed by atoms with Gasteiger partial charge in [0, 0.05) is 31.6 Å². The number of nitrogen functional groups attached to an aromatic ring is 1. The molecule has 2 N–H and O–H groups in total. The Kier molecular flexibility index (Phi) is 6.36. The van der Waals surface area contributed by atoms with Crippen LogP contribution in [0.5, 0.6) is 0 Å². The predicted molar refractivity (Wildman–Crippen MR) is 76.7 cm³/mol. The molecule has 0 unspecified atom stereocenters. The molecule has 0 aromatic heterocycles. The summed E-state index contributed by atoms with van der Waals surface area (Å²) in [5.41, 5.74) is 5.05. The van der Waals surface area contributed by atoms with E-state index in [2.05, 4.69) is 0 Å². The molecular formula is C12H15ClFN3O3S. The van der Waals surface area contributed by atoms with Crippen LogP contribution in [0.15, 0.2) is 17.0 Å². The Bertz CT molecular complexity index is 646. The van der Waals surface area contributed by atoms with Crippen LogP contribution in [0.25, 0.3) is 0 Å². The third-order valence-corrected chi connectivity index (χ3v) is 4.78. The minimum Gasteiger partial charge on any atom is -0.396 e. The first-order valence-electron chi connectivity index (χ1n) is 5.95. The van der Waals surface area contributed by atoms with E-state index >= 15 is 0 Å². The van der Waals surface area contributed by atoms with Crippen molar-refractivity contribution in [2.75, 3.05) is 32.5 Å². The fraction of sp³-hybridized carbons (Fsp3) is 0.417. The molecule has 0 amide bonds. The molecule has 0 heterocycles. The number of ether oxygens (including phenoxy) is 1. The Morgan fingerprint density at radius 1 is 1.48 bits per heavy atom. The lowest BCUT2D eigenvalue weighted by Crippen LogP contribution is -2.35. The number of nitriles is 1. The second kappa shape index (κ2) is 7.56. The smallest absolute Gasteiger partial charge is 0.246 e. The molecule has 21 heavy (non-hydrogen) atoms. The fourth-order valence-electron chi connectivity index (χ4n) is 1.63. The number of benzene rings is 1. The number of hydrogen-bond acceptors (Lipinski definition) is 5. The molecule has 0 fully saturated rings. The van der Waals surface area contributed by atoms with E-state index < -0.39 is 20.7 Å². The second-order valence-electron chi connectivity index (χ2n) is 4.11. The second-order valence-corrected chi connectivity index (χ2v) is 6.45. The fourth-order valence-corrected chi connectivity index (χ4v) is 3.47. The van der Waals surface area contributed by atoms with Crippen LogP contribution in [0.3, 0.4) is 0 Å². The summed E-state index contributed by atoms with van der Waals surface area (Å²) in [6.45, 7) is 0.0305. The minimum absolute atomic E-state index is 0.00757. The van der Waals surface area contributed by atoms with Crippen molar-refractivity contribution < 1.29 is 17.5 Å². The average Bonchev–Trinajstić information content (AvgIpc) is 2.42. The largest absolute Gasteiger partial charge is 0.396 e. The molecular weight excluding hydrogens is 321 g/mol. The first-order chi connectivity index (χ1) is 9.84. The SMILES string of the molecule is COCCN(CCC#N)S(=O)(=O)c1cc(Cl)cc(N)c1F. The third-order valence-electron chi connectivity index (χ3n) is 2.67. The van der Waals surface area contributed by atoms with Crippen LogP contribution in [0.1, 0.15) is 6.42 Å². The van der Waals surface area contributed by atoms with Crippen LogP contribution < -0.4 is 5.73 Å². The highest BCUT2D eigenvalue weighted by molar-refractivity contribution is 7.89. The summed E-state index contributed by atoms with van der Waals surface area (Å²) in [5.74, 6) is -1.06. The molecule has 1 rings (SSSR count). The van der Waals surface area contributed by atoms with Gasteiger partial charge in [0.25, 0.3) is 0 Å². The summed E-state index contributed by atoms with van der Waals surface area (Å²) >= 11 is 5.73. The maximum absolute atomic E-state index is 14.0. The van der Waals surface area contributed by atoms with Gasteiger partial charge in [-0.1, -0.05) is 11.6 Å². The van der Waals surface area contributed by atoms with E-state index in [1.165, 1.54) is 7.11 Å². The lowest BCUT2D eigenvalue weighted by Gasteiger charge is -2.21. The van der Waals surface area contributed by atoms with Gasteiger partial charge in [-0.2, -0.15) is 9.57 Å². The zero-order chi connectivity index (χ0) is 16.0. The highest BCUT2D eigenvalue weighted by atomic mass is 35.5. The summed E-state index contributed by atoms with van der Waals surface area (Å²) in [7, 11) is -2.75. The Balaban J connectivity index is 3.25. The Morgan fingerprint density at radius 2 is 2.14 bits per heavy atom. The molecule has 9 heteroatoms. The average molecular weight is 336 g/mol. The lowest BCUT2D eigenvalue weighted by atomic mass is 10.3. The molecule has 116 valence electrons. The van der Waals surface area contributed by atoms with Crippen molar-refractivity contribution in [2.24, 2.45) is 0 Å². The van der Waals surface area contributed by atoms with E-state index in [0.717, 1.165) is 16.4 Å². The lowest BCUT2D eigenvalue weighted by molar-refractivity contribution is 0.179. The Hall–Kier alpha value is -1.40. The van der Waals surface area contributed by atoms with Crippen LogP contribution in [-0.4, -0.2) is 39.5 Å². The van der Waals surface area contributed by atoms with Gasteiger partial charge in [-0.3, -0.25) is 0 Å². The van der Waals surface area contributed by atoms with Gasteiger partial charge >= 0.3 is 0 Å². The quantitative estimate of drug-likeness (QED) is 0.764. The Morgan fingerprint density at radius 3 is 2.71 bits per heavy atom. The monoisotopic (exact) mass is 335 g/mol. The number of halogens is 2. The summed E-state index contributed by atoms with van der Waals surface area (Å²) in [6.07, 6.45) is -0.0272. The molecule has 0 aliphatic carbocycles. The van der Waals surface area contributed by atoms with Crippen LogP contribution in [0.4, 0.5) is 10.1 Å². The molecule has 0 aliphatic heterocycles. The van der Waals surface area contributed by atoms with Gasteiger partial charge in [0.15, 0.2) is 5.82 Å². The van der Waals surface area contributed by atoms with E-state index in [4.69, 9.17) is 27.3 Å². The van der Waals surface area contributed by atoms with Crippen molar-refractivity contribution in [3.05, 3.63) is 23.0 Å². The topological polar surface area (TPSA) is 96.4 Å². The first-order valence-corrected chi connectivity index (χ1v) is 7.77. The van der Waals surface area contributed by atoms with Crippen molar-refractivity contribution >= 4 is 27.3 Å². The van der Waals surface area contributed by atoms with Crippen molar-refractivity contribution in [3.8, 4) is 6.07 Å². The zero-order valence-corrected chi connectivity index (χ0v) is 12.9. The van der Waals surface area contributed by atoms with E-state index in [-0.39, 0.29) is 36.8 Å². The van der Waals surface area contributed by atoms with Gasteiger partial charge in [0.2, 0.25) is 10.0 Å². The Labute approximate surface area is 127 Å². The van der Waals surface area contributed by atoms with Crippen molar-refractivity contribution in [1.29, 1.82) is 5.26 Å².